The van der Waals surface area contributed by atoms with Gasteiger partial charge < -0.3 is 9.47 Å². The first-order chi connectivity index (χ1) is 9.81. The number of nitro groups is 1. The molecule has 0 aliphatic carbocycles. The van der Waals surface area contributed by atoms with Gasteiger partial charge in [-0.25, -0.2) is 0 Å². The molecule has 0 fully saturated rings. The van der Waals surface area contributed by atoms with E-state index < -0.39 is 10.5 Å². The zero-order valence-electron chi connectivity index (χ0n) is 12.5. The van der Waals surface area contributed by atoms with Gasteiger partial charge in [0, 0.05) is 6.04 Å². The van der Waals surface area contributed by atoms with Crippen molar-refractivity contribution in [2.24, 2.45) is 0 Å². The van der Waals surface area contributed by atoms with Gasteiger partial charge in [0.05, 0.1) is 24.2 Å². The van der Waals surface area contributed by atoms with Gasteiger partial charge in [0.1, 0.15) is 17.9 Å². The molecule has 0 aromatic heterocycles. The number of hydrogen-bond donors (Lipinski definition) is 1. The minimum atomic E-state index is -0.929. The number of ether oxygens (including phenoxy) is 2. The van der Waals surface area contributed by atoms with E-state index in [2.05, 4.69) is 11.4 Å². The second kappa shape index (κ2) is 6.90. The third kappa shape index (κ3) is 4.61. The number of nitrogens with one attached hydrogen (secondary N) is 1. The molecule has 7 nitrogen and oxygen atoms in total. The number of methoxy groups -OCH3 is 1. The molecule has 1 aromatic carbocycles. The van der Waals surface area contributed by atoms with E-state index in [9.17, 15) is 15.4 Å². The van der Waals surface area contributed by atoms with E-state index in [1.165, 1.54) is 19.2 Å². The van der Waals surface area contributed by atoms with Crippen LogP contribution in [0.3, 0.4) is 0 Å². The molecule has 0 bridgehead atoms. The van der Waals surface area contributed by atoms with Gasteiger partial charge in [0.2, 0.25) is 0 Å². The van der Waals surface area contributed by atoms with Crippen LogP contribution in [0.25, 0.3) is 0 Å². The van der Waals surface area contributed by atoms with E-state index in [1.807, 2.05) is 13.8 Å². The highest BCUT2D eigenvalue weighted by Crippen LogP contribution is 2.31. The van der Waals surface area contributed by atoms with Crippen LogP contribution < -0.4 is 14.8 Å². The van der Waals surface area contributed by atoms with Crippen molar-refractivity contribution in [1.82, 2.24) is 5.32 Å². The molecule has 0 aliphatic rings. The molecule has 0 radical (unpaired) electrons. The Morgan fingerprint density at radius 1 is 1.52 bits per heavy atom. The van der Waals surface area contributed by atoms with E-state index in [-0.39, 0.29) is 24.1 Å². The Balaban J connectivity index is 2.93. The maximum absolute atomic E-state index is 11.1. The van der Waals surface area contributed by atoms with Crippen molar-refractivity contribution in [3.63, 3.8) is 0 Å². The smallest absolute Gasteiger partial charge is 0.314 e. The first-order valence-corrected chi connectivity index (χ1v) is 6.45. The number of hydrogen-bond acceptors (Lipinski definition) is 6. The van der Waals surface area contributed by atoms with Crippen molar-refractivity contribution in [3.8, 4) is 17.6 Å². The van der Waals surface area contributed by atoms with Crippen molar-refractivity contribution >= 4 is 5.69 Å². The first kappa shape index (κ1) is 16.7. The standard InChI is InChI=1S/C14H19N3O4/c1-10(2)16-14(3,8-15)9-21-13-6-5-11(20-4)7-12(13)17(18)19/h5-7,10,16H,9H2,1-4H3. The van der Waals surface area contributed by atoms with Gasteiger partial charge >= 0.3 is 5.69 Å². The highest BCUT2D eigenvalue weighted by atomic mass is 16.6. The molecule has 1 N–H and O–H groups in total. The molecule has 1 unspecified atom stereocenters. The fraction of sp³-hybridized carbons (Fsp3) is 0.500. The molecule has 0 heterocycles. The summed E-state index contributed by atoms with van der Waals surface area (Å²) in [6.45, 7) is 5.49. The Morgan fingerprint density at radius 3 is 2.67 bits per heavy atom. The molecular weight excluding hydrogens is 274 g/mol. The third-order valence-corrected chi connectivity index (χ3v) is 2.73. The zero-order chi connectivity index (χ0) is 16.0. The topological polar surface area (TPSA) is 97.4 Å². The van der Waals surface area contributed by atoms with E-state index in [0.29, 0.717) is 5.75 Å². The predicted molar refractivity (Wildman–Crippen MR) is 77.4 cm³/mol. The fourth-order valence-electron chi connectivity index (χ4n) is 1.85. The largest absolute Gasteiger partial charge is 0.496 e. The van der Waals surface area contributed by atoms with Crippen molar-refractivity contribution in [3.05, 3.63) is 28.3 Å². The van der Waals surface area contributed by atoms with Gasteiger partial charge in [-0.2, -0.15) is 5.26 Å². The van der Waals surface area contributed by atoms with E-state index in [1.54, 1.807) is 13.0 Å². The van der Waals surface area contributed by atoms with Crippen molar-refractivity contribution < 1.29 is 14.4 Å². The van der Waals surface area contributed by atoms with Crippen LogP contribution in [-0.4, -0.2) is 30.2 Å². The summed E-state index contributed by atoms with van der Waals surface area (Å²) in [5.41, 5.74) is -1.12. The van der Waals surface area contributed by atoms with Gasteiger partial charge in [-0.1, -0.05) is 0 Å². The SMILES string of the molecule is COc1ccc(OCC(C)(C#N)NC(C)C)c([N+](=O)[O-])c1. The molecule has 0 amide bonds. The molecule has 0 saturated heterocycles. The summed E-state index contributed by atoms with van der Waals surface area (Å²) in [4.78, 5) is 10.5. The second-order valence-corrected chi connectivity index (χ2v) is 5.12. The molecule has 1 rings (SSSR count). The molecule has 0 saturated carbocycles. The molecule has 114 valence electrons. The van der Waals surface area contributed by atoms with E-state index >= 15 is 0 Å². The maximum Gasteiger partial charge on any atom is 0.314 e. The maximum atomic E-state index is 11.1. The lowest BCUT2D eigenvalue weighted by molar-refractivity contribution is -0.386. The highest BCUT2D eigenvalue weighted by molar-refractivity contribution is 5.51. The summed E-state index contributed by atoms with van der Waals surface area (Å²) in [6.07, 6.45) is 0. The molecule has 21 heavy (non-hydrogen) atoms. The molecular formula is C14H19N3O4. The van der Waals surface area contributed by atoms with Crippen LogP contribution in [0, 0.1) is 21.4 Å². The summed E-state index contributed by atoms with van der Waals surface area (Å²) >= 11 is 0. The molecule has 7 heteroatoms. The average Bonchev–Trinajstić information content (AvgIpc) is 2.44. The summed E-state index contributed by atoms with van der Waals surface area (Å²) in [5.74, 6) is 0.477. The number of rotatable bonds is 7. The predicted octanol–water partition coefficient (Wildman–Crippen LogP) is 2.26. The average molecular weight is 293 g/mol. The van der Waals surface area contributed by atoms with E-state index in [0.717, 1.165) is 0 Å². The lowest BCUT2D eigenvalue weighted by atomic mass is 10.1. The third-order valence-electron chi connectivity index (χ3n) is 2.73. The number of benzene rings is 1. The van der Waals surface area contributed by atoms with Gasteiger partial charge in [-0.05, 0) is 32.9 Å². The Morgan fingerprint density at radius 2 is 2.19 bits per heavy atom. The summed E-state index contributed by atoms with van der Waals surface area (Å²) in [5, 5.41) is 23.3. The van der Waals surface area contributed by atoms with Crippen LogP contribution >= 0.6 is 0 Å². The molecule has 0 aliphatic heterocycles. The fourth-order valence-corrected chi connectivity index (χ4v) is 1.85. The van der Waals surface area contributed by atoms with E-state index in [4.69, 9.17) is 9.47 Å². The second-order valence-electron chi connectivity index (χ2n) is 5.12. The minimum absolute atomic E-state index is 0.00511. The van der Waals surface area contributed by atoms with Crippen molar-refractivity contribution in [1.29, 1.82) is 5.26 Å². The van der Waals surface area contributed by atoms with Crippen LogP contribution in [0.5, 0.6) is 11.5 Å². The normalized spacial score (nSPS) is 13.3. The lowest BCUT2D eigenvalue weighted by Gasteiger charge is -2.25. The summed E-state index contributed by atoms with van der Waals surface area (Å²) in [7, 11) is 1.43. The van der Waals surface area contributed by atoms with Gasteiger partial charge in [0.15, 0.2) is 5.75 Å². The minimum Gasteiger partial charge on any atom is -0.496 e. The summed E-state index contributed by atoms with van der Waals surface area (Å²) < 4.78 is 10.4. The number of nitrogens with zero attached hydrogens (tertiary/aromatic N) is 2. The van der Waals surface area contributed by atoms with Crippen LogP contribution in [0.1, 0.15) is 20.8 Å². The van der Waals surface area contributed by atoms with Crippen molar-refractivity contribution in [2.45, 2.75) is 32.4 Å². The Hall–Kier alpha value is -2.33. The van der Waals surface area contributed by atoms with Gasteiger partial charge in [0.25, 0.3) is 0 Å². The van der Waals surface area contributed by atoms with Crippen LogP contribution in [0.4, 0.5) is 5.69 Å². The highest BCUT2D eigenvalue weighted by Gasteiger charge is 2.27. The molecule has 0 spiro atoms. The Bertz CT molecular complexity index is 554. The quantitative estimate of drug-likeness (QED) is 0.611. The lowest BCUT2D eigenvalue weighted by Crippen LogP contribution is -2.49. The molecule has 1 atom stereocenters. The number of nitro benzene ring substituents is 1. The van der Waals surface area contributed by atoms with Crippen LogP contribution in [0.15, 0.2) is 18.2 Å². The first-order valence-electron chi connectivity index (χ1n) is 6.45. The summed E-state index contributed by atoms with van der Waals surface area (Å²) in [6, 6.07) is 6.53. The van der Waals surface area contributed by atoms with Gasteiger partial charge in [-0.3, -0.25) is 15.4 Å². The van der Waals surface area contributed by atoms with Crippen molar-refractivity contribution in [2.75, 3.05) is 13.7 Å². The zero-order valence-corrected chi connectivity index (χ0v) is 12.5. The Kier molecular flexibility index (Phi) is 5.50. The molecule has 1 aromatic rings. The van der Waals surface area contributed by atoms with Crippen LogP contribution in [0.2, 0.25) is 0 Å². The number of nitriles is 1. The Labute approximate surface area is 123 Å². The van der Waals surface area contributed by atoms with Crippen LogP contribution in [-0.2, 0) is 0 Å². The monoisotopic (exact) mass is 293 g/mol. The van der Waals surface area contributed by atoms with Gasteiger partial charge in [-0.15, -0.1) is 0 Å².